The number of carbonyl (C=O) groups excluding carboxylic acids is 1. The Kier molecular flexibility index (Phi) is 10.3. The molecule has 0 saturated heterocycles. The monoisotopic (exact) mass is 338 g/mol. The molecule has 0 atom stereocenters. The number of amides is 1. The van der Waals surface area contributed by atoms with E-state index in [9.17, 15) is 4.79 Å². The zero-order chi connectivity index (χ0) is 18.5. The van der Waals surface area contributed by atoms with Crippen LogP contribution < -0.4 is 10.5 Å². The van der Waals surface area contributed by atoms with Crippen LogP contribution in [0.4, 0.5) is 0 Å². The van der Waals surface area contributed by atoms with Crippen molar-refractivity contribution in [3.63, 3.8) is 0 Å². The molecule has 1 rings (SSSR count). The van der Waals surface area contributed by atoms with Gasteiger partial charge in [0.15, 0.2) is 0 Å². The lowest BCUT2D eigenvalue weighted by Gasteiger charge is -2.15. The van der Waals surface area contributed by atoms with Crippen molar-refractivity contribution < 1.29 is 29.3 Å². The van der Waals surface area contributed by atoms with E-state index in [1.165, 1.54) is 5.56 Å². The van der Waals surface area contributed by atoms with Crippen LogP contribution in [0.2, 0.25) is 0 Å². The van der Waals surface area contributed by atoms with Crippen molar-refractivity contribution in [3.8, 4) is 5.75 Å². The number of nitrogens with two attached hydrogens (primary N) is 1. The van der Waals surface area contributed by atoms with Gasteiger partial charge in [-0.1, -0.05) is 24.8 Å². The van der Waals surface area contributed by atoms with Gasteiger partial charge in [0.2, 0.25) is 5.91 Å². The fourth-order valence-corrected chi connectivity index (χ4v) is 1.54. The Labute approximate surface area is 140 Å². The fraction of sp³-hybridized carbons (Fsp3) is 0.312. The van der Waals surface area contributed by atoms with Gasteiger partial charge in [0, 0.05) is 19.5 Å². The second kappa shape index (κ2) is 11.7. The molecule has 0 fully saturated rings. The molecule has 0 saturated carbocycles. The zero-order valence-corrected chi connectivity index (χ0v) is 13.5. The summed E-state index contributed by atoms with van der Waals surface area (Å²) < 4.78 is 5.40. The largest absolute Gasteiger partial charge is 0.490 e. The van der Waals surface area contributed by atoms with E-state index >= 15 is 0 Å². The molecule has 0 aliphatic heterocycles. The summed E-state index contributed by atoms with van der Waals surface area (Å²) in [6, 6.07) is 7.89. The van der Waals surface area contributed by atoms with Gasteiger partial charge in [-0.15, -0.1) is 0 Å². The Hall–Kier alpha value is -2.87. The molecular weight excluding hydrogens is 316 g/mol. The maximum Gasteiger partial charge on any atom is 0.414 e. The molecule has 0 unspecified atom stereocenters. The number of hydrogen-bond acceptors (Lipinski definition) is 5. The minimum absolute atomic E-state index is 0.268. The van der Waals surface area contributed by atoms with E-state index in [2.05, 4.69) is 11.5 Å². The predicted molar refractivity (Wildman–Crippen MR) is 87.6 cm³/mol. The second-order valence-corrected chi connectivity index (χ2v) is 4.81. The lowest BCUT2D eigenvalue weighted by molar-refractivity contribution is -0.159. The van der Waals surface area contributed by atoms with Gasteiger partial charge >= 0.3 is 11.9 Å². The van der Waals surface area contributed by atoms with Gasteiger partial charge in [-0.2, -0.15) is 0 Å². The summed E-state index contributed by atoms with van der Waals surface area (Å²) in [5.41, 5.74) is 6.28. The molecule has 1 amide bonds. The van der Waals surface area contributed by atoms with Gasteiger partial charge in [-0.05, 0) is 24.7 Å². The van der Waals surface area contributed by atoms with Crippen molar-refractivity contribution in [2.45, 2.75) is 13.0 Å². The normalized spacial score (nSPS) is 9.58. The van der Waals surface area contributed by atoms with Crippen molar-refractivity contribution >= 4 is 17.8 Å². The highest BCUT2D eigenvalue weighted by atomic mass is 16.5. The number of aliphatic carboxylic acids is 2. The molecule has 0 bridgehead atoms. The van der Waals surface area contributed by atoms with E-state index in [0.717, 1.165) is 12.3 Å². The third kappa shape index (κ3) is 10.8. The Morgan fingerprint density at radius 3 is 2.17 bits per heavy atom. The molecule has 1 aromatic carbocycles. The summed E-state index contributed by atoms with van der Waals surface area (Å²) in [7, 11) is 1.96. The highest BCUT2D eigenvalue weighted by Gasteiger charge is 2.04. The van der Waals surface area contributed by atoms with Crippen LogP contribution in [-0.4, -0.2) is 53.2 Å². The van der Waals surface area contributed by atoms with Gasteiger partial charge in [-0.25, -0.2) is 9.59 Å². The molecule has 4 N–H and O–H groups in total. The van der Waals surface area contributed by atoms with Crippen molar-refractivity contribution in [2.75, 3.05) is 20.2 Å². The second-order valence-electron chi connectivity index (χ2n) is 4.81. The summed E-state index contributed by atoms with van der Waals surface area (Å²) >= 11 is 0. The first-order valence-electron chi connectivity index (χ1n) is 7.02. The quantitative estimate of drug-likeness (QED) is 0.470. The van der Waals surface area contributed by atoms with E-state index in [4.69, 9.17) is 30.3 Å². The standard InChI is InChI=1S/C14H20N2O2.C2H2O4/c1-3-10-18-13-6-4-12(5-7-13)11-16(2)9-8-14(15)17;3-1(4)2(5)6/h3-7H,1,8-11H2,2H3,(H2,15,17);(H,3,4)(H,5,6). The van der Waals surface area contributed by atoms with Crippen LogP contribution in [0.5, 0.6) is 5.75 Å². The van der Waals surface area contributed by atoms with Gasteiger partial charge in [0.25, 0.3) is 0 Å². The van der Waals surface area contributed by atoms with Crippen LogP contribution in [0, 0.1) is 0 Å². The maximum absolute atomic E-state index is 10.7. The fourth-order valence-electron chi connectivity index (χ4n) is 1.54. The highest BCUT2D eigenvalue weighted by molar-refractivity contribution is 6.27. The van der Waals surface area contributed by atoms with Crippen molar-refractivity contribution in [1.29, 1.82) is 0 Å². The molecule has 8 heteroatoms. The van der Waals surface area contributed by atoms with E-state index in [1.54, 1.807) is 6.08 Å². The van der Waals surface area contributed by atoms with Crippen LogP contribution in [0.1, 0.15) is 12.0 Å². The van der Waals surface area contributed by atoms with E-state index in [1.807, 2.05) is 31.3 Å². The number of carboxylic acid groups (broad SMARTS) is 2. The zero-order valence-electron chi connectivity index (χ0n) is 13.5. The molecule has 24 heavy (non-hydrogen) atoms. The number of carbonyl (C=O) groups is 3. The number of benzene rings is 1. The van der Waals surface area contributed by atoms with Crippen LogP contribution in [-0.2, 0) is 20.9 Å². The van der Waals surface area contributed by atoms with E-state index < -0.39 is 11.9 Å². The number of hydrogen-bond donors (Lipinski definition) is 3. The Morgan fingerprint density at radius 1 is 1.21 bits per heavy atom. The van der Waals surface area contributed by atoms with Gasteiger partial charge in [0.1, 0.15) is 12.4 Å². The Morgan fingerprint density at radius 2 is 1.75 bits per heavy atom. The minimum Gasteiger partial charge on any atom is -0.490 e. The van der Waals surface area contributed by atoms with Crippen molar-refractivity contribution in [3.05, 3.63) is 42.5 Å². The SMILES string of the molecule is C=CCOc1ccc(CN(C)CCC(N)=O)cc1.O=C(O)C(=O)O. The van der Waals surface area contributed by atoms with Crippen molar-refractivity contribution in [2.24, 2.45) is 5.73 Å². The summed E-state index contributed by atoms with van der Waals surface area (Å²) in [5.74, 6) is -3.08. The maximum atomic E-state index is 10.7. The van der Waals surface area contributed by atoms with E-state index in [-0.39, 0.29) is 5.91 Å². The summed E-state index contributed by atoms with van der Waals surface area (Å²) in [6.07, 6.45) is 2.10. The topological polar surface area (TPSA) is 130 Å². The number of nitrogens with zero attached hydrogens (tertiary/aromatic N) is 1. The molecule has 8 nitrogen and oxygen atoms in total. The Bertz CT molecular complexity index is 544. The van der Waals surface area contributed by atoms with Gasteiger partial charge < -0.3 is 25.6 Å². The first-order valence-corrected chi connectivity index (χ1v) is 7.02. The number of rotatable bonds is 8. The summed E-state index contributed by atoms with van der Waals surface area (Å²) in [5, 5.41) is 14.8. The Balaban J connectivity index is 0.000000754. The smallest absolute Gasteiger partial charge is 0.414 e. The lowest BCUT2D eigenvalue weighted by atomic mass is 10.2. The van der Waals surface area contributed by atoms with E-state index in [0.29, 0.717) is 19.6 Å². The predicted octanol–water partition coefficient (Wildman–Crippen LogP) is 0.714. The molecule has 0 spiro atoms. The first kappa shape index (κ1) is 21.1. The van der Waals surface area contributed by atoms with Crippen LogP contribution in [0.25, 0.3) is 0 Å². The van der Waals surface area contributed by atoms with Crippen LogP contribution in [0.3, 0.4) is 0 Å². The van der Waals surface area contributed by atoms with Crippen LogP contribution in [0.15, 0.2) is 36.9 Å². The molecule has 132 valence electrons. The highest BCUT2D eigenvalue weighted by Crippen LogP contribution is 2.13. The minimum atomic E-state index is -1.82. The molecule has 0 aliphatic carbocycles. The molecular formula is C16H22N2O6. The van der Waals surface area contributed by atoms with Gasteiger partial charge in [0.05, 0.1) is 0 Å². The third-order valence-electron chi connectivity index (χ3n) is 2.67. The van der Waals surface area contributed by atoms with Crippen LogP contribution >= 0.6 is 0 Å². The lowest BCUT2D eigenvalue weighted by Crippen LogP contribution is -2.24. The summed E-state index contributed by atoms with van der Waals surface area (Å²) in [6.45, 7) is 5.57. The summed E-state index contributed by atoms with van der Waals surface area (Å²) in [4.78, 5) is 30.9. The molecule has 0 aliphatic rings. The first-order chi connectivity index (χ1) is 11.3. The average Bonchev–Trinajstić information content (AvgIpc) is 2.53. The van der Waals surface area contributed by atoms with Crippen molar-refractivity contribution in [1.82, 2.24) is 4.90 Å². The number of carboxylic acids is 2. The van der Waals surface area contributed by atoms with Gasteiger partial charge in [-0.3, -0.25) is 4.79 Å². The average molecular weight is 338 g/mol. The number of primary amides is 1. The molecule has 0 radical (unpaired) electrons. The number of ether oxygens (including phenoxy) is 1. The molecule has 0 heterocycles. The molecule has 0 aromatic heterocycles. The molecule has 1 aromatic rings. The third-order valence-corrected chi connectivity index (χ3v) is 2.67.